The van der Waals surface area contributed by atoms with E-state index in [9.17, 15) is 5.11 Å². The normalized spacial score (nSPS) is 11.9. The quantitative estimate of drug-likeness (QED) is 0.883. The van der Waals surface area contributed by atoms with Gasteiger partial charge in [-0.3, -0.25) is 0 Å². The molecule has 1 N–H and O–H groups in total. The second-order valence-electron chi connectivity index (χ2n) is 4.23. The molecule has 2 rings (SSSR count). The number of hydrogen-bond donors (Lipinski definition) is 1. The van der Waals surface area contributed by atoms with Gasteiger partial charge in [-0.25, -0.2) is 0 Å². The van der Waals surface area contributed by atoms with Gasteiger partial charge in [0.1, 0.15) is 5.75 Å². The maximum atomic E-state index is 9.46. The van der Waals surface area contributed by atoms with Gasteiger partial charge in [0.2, 0.25) is 0 Å². The Hall–Kier alpha value is -2.00. The van der Waals surface area contributed by atoms with Crippen LogP contribution in [0.2, 0.25) is 0 Å². The fraction of sp³-hybridized carbons (Fsp3) is 0.250. The van der Waals surface area contributed by atoms with Crippen molar-refractivity contribution in [2.75, 3.05) is 6.61 Å². The average Bonchev–Trinajstić information content (AvgIpc) is 2.42. The molecule has 0 aliphatic carbocycles. The average molecular weight is 258 g/mol. The third kappa shape index (κ3) is 3.48. The van der Waals surface area contributed by atoms with Crippen LogP contribution in [0.1, 0.15) is 25.5 Å². The number of aliphatic hydroxyl groups excluding tert-OH is 1. The zero-order valence-electron chi connectivity index (χ0n) is 11.2. The Morgan fingerprint density at radius 3 is 2.21 bits per heavy atom. The number of aliphatic hydroxyl groups is 1. The molecule has 2 aromatic carbocycles. The van der Waals surface area contributed by atoms with E-state index in [0.29, 0.717) is 12.4 Å². The highest BCUT2D eigenvalue weighted by atomic mass is 16.5. The van der Waals surface area contributed by atoms with E-state index in [1.165, 1.54) is 0 Å². The van der Waals surface area contributed by atoms with Crippen molar-refractivity contribution >= 4 is 0 Å². The van der Waals surface area contributed by atoms with E-state index in [4.69, 9.17) is 9.47 Å². The minimum atomic E-state index is -0.468. The van der Waals surface area contributed by atoms with E-state index in [2.05, 4.69) is 0 Å². The predicted molar refractivity (Wildman–Crippen MR) is 74.8 cm³/mol. The Balaban J connectivity index is 2.16. The number of rotatable bonds is 5. The summed E-state index contributed by atoms with van der Waals surface area (Å²) >= 11 is 0. The van der Waals surface area contributed by atoms with Crippen molar-refractivity contribution in [3.8, 4) is 17.2 Å². The van der Waals surface area contributed by atoms with Crippen LogP contribution in [0, 0.1) is 0 Å². The van der Waals surface area contributed by atoms with Crippen LogP contribution in [0.5, 0.6) is 17.2 Å². The lowest BCUT2D eigenvalue weighted by atomic mass is 10.1. The Morgan fingerprint density at radius 2 is 1.63 bits per heavy atom. The molecule has 2 aromatic rings. The first-order chi connectivity index (χ1) is 9.20. The Bertz CT molecular complexity index is 518. The van der Waals surface area contributed by atoms with Gasteiger partial charge in [-0.05, 0) is 43.7 Å². The molecule has 0 heterocycles. The largest absolute Gasteiger partial charge is 0.490 e. The second kappa shape index (κ2) is 6.25. The van der Waals surface area contributed by atoms with E-state index in [1.54, 1.807) is 6.92 Å². The molecule has 3 heteroatoms. The van der Waals surface area contributed by atoms with Gasteiger partial charge in [0.25, 0.3) is 0 Å². The van der Waals surface area contributed by atoms with Crippen molar-refractivity contribution in [3.63, 3.8) is 0 Å². The minimum absolute atomic E-state index is 0.468. The minimum Gasteiger partial charge on any atom is -0.490 e. The van der Waals surface area contributed by atoms with Crippen LogP contribution < -0.4 is 9.47 Å². The van der Waals surface area contributed by atoms with Crippen LogP contribution in [0.25, 0.3) is 0 Å². The molecule has 0 amide bonds. The fourth-order valence-electron chi connectivity index (χ4n) is 1.75. The summed E-state index contributed by atoms with van der Waals surface area (Å²) in [5.41, 5.74) is 0.866. The lowest BCUT2D eigenvalue weighted by Gasteiger charge is -2.12. The number of benzene rings is 2. The summed E-state index contributed by atoms with van der Waals surface area (Å²) in [5.74, 6) is 2.13. The summed E-state index contributed by atoms with van der Waals surface area (Å²) in [4.78, 5) is 0. The van der Waals surface area contributed by atoms with Crippen LogP contribution in [-0.2, 0) is 0 Å². The highest BCUT2D eigenvalue weighted by Gasteiger charge is 2.06. The molecule has 0 aromatic heterocycles. The smallest absolute Gasteiger partial charge is 0.169 e. The van der Waals surface area contributed by atoms with Gasteiger partial charge in [0.05, 0.1) is 12.7 Å². The second-order valence-corrected chi connectivity index (χ2v) is 4.23. The highest BCUT2D eigenvalue weighted by Crippen LogP contribution is 2.31. The zero-order valence-corrected chi connectivity index (χ0v) is 11.2. The Kier molecular flexibility index (Phi) is 4.42. The van der Waals surface area contributed by atoms with Gasteiger partial charge in [0, 0.05) is 0 Å². The van der Waals surface area contributed by atoms with Crippen molar-refractivity contribution in [2.24, 2.45) is 0 Å². The highest BCUT2D eigenvalue weighted by molar-refractivity contribution is 5.43. The van der Waals surface area contributed by atoms with Gasteiger partial charge >= 0.3 is 0 Å². The zero-order chi connectivity index (χ0) is 13.7. The molecule has 0 spiro atoms. The fourth-order valence-corrected chi connectivity index (χ4v) is 1.75. The first-order valence-corrected chi connectivity index (χ1v) is 6.38. The summed E-state index contributed by atoms with van der Waals surface area (Å²) in [6.07, 6.45) is -0.468. The van der Waals surface area contributed by atoms with Crippen LogP contribution in [0.4, 0.5) is 0 Å². The topological polar surface area (TPSA) is 38.7 Å². The van der Waals surface area contributed by atoms with Gasteiger partial charge in [-0.15, -0.1) is 0 Å². The summed E-state index contributed by atoms with van der Waals surface area (Å²) in [5, 5.41) is 9.46. The lowest BCUT2D eigenvalue weighted by Crippen LogP contribution is -1.95. The molecule has 3 nitrogen and oxygen atoms in total. The van der Waals surface area contributed by atoms with Crippen LogP contribution in [-0.4, -0.2) is 11.7 Å². The van der Waals surface area contributed by atoms with Crippen LogP contribution >= 0.6 is 0 Å². The summed E-state index contributed by atoms with van der Waals surface area (Å²) < 4.78 is 11.3. The molecule has 0 aliphatic rings. The molecule has 0 bridgehead atoms. The molecule has 100 valence electrons. The molecule has 19 heavy (non-hydrogen) atoms. The van der Waals surface area contributed by atoms with Crippen molar-refractivity contribution < 1.29 is 14.6 Å². The van der Waals surface area contributed by atoms with E-state index >= 15 is 0 Å². The summed E-state index contributed by atoms with van der Waals surface area (Å²) in [7, 11) is 0. The molecule has 0 fully saturated rings. The van der Waals surface area contributed by atoms with Crippen molar-refractivity contribution in [1.29, 1.82) is 0 Å². The number of ether oxygens (including phenoxy) is 2. The number of para-hydroxylation sites is 2. The standard InChI is InChI=1S/C16H18O3/c1-3-18-15-6-4-5-7-16(15)19-14-10-8-13(9-11-14)12(2)17/h4-12,17H,3H2,1-2H3/t12-/m0/s1. The molecule has 0 saturated carbocycles. The van der Waals surface area contributed by atoms with E-state index in [0.717, 1.165) is 17.1 Å². The van der Waals surface area contributed by atoms with Crippen molar-refractivity contribution in [2.45, 2.75) is 20.0 Å². The van der Waals surface area contributed by atoms with Gasteiger partial charge < -0.3 is 14.6 Å². The SMILES string of the molecule is CCOc1ccccc1Oc1ccc([C@H](C)O)cc1. The molecule has 0 saturated heterocycles. The lowest BCUT2D eigenvalue weighted by molar-refractivity contribution is 0.199. The van der Waals surface area contributed by atoms with E-state index in [1.807, 2.05) is 55.5 Å². The predicted octanol–water partition coefficient (Wildman–Crippen LogP) is 3.93. The Morgan fingerprint density at radius 1 is 1.00 bits per heavy atom. The van der Waals surface area contributed by atoms with E-state index < -0.39 is 6.10 Å². The third-order valence-electron chi connectivity index (χ3n) is 2.74. The first-order valence-electron chi connectivity index (χ1n) is 6.38. The van der Waals surface area contributed by atoms with Crippen LogP contribution in [0.3, 0.4) is 0 Å². The van der Waals surface area contributed by atoms with Crippen molar-refractivity contribution in [1.82, 2.24) is 0 Å². The summed E-state index contributed by atoms with van der Waals surface area (Å²) in [6, 6.07) is 14.9. The molecule has 0 aliphatic heterocycles. The van der Waals surface area contributed by atoms with E-state index in [-0.39, 0.29) is 0 Å². The summed E-state index contributed by atoms with van der Waals surface area (Å²) in [6.45, 7) is 4.27. The maximum absolute atomic E-state index is 9.46. The third-order valence-corrected chi connectivity index (χ3v) is 2.74. The maximum Gasteiger partial charge on any atom is 0.169 e. The van der Waals surface area contributed by atoms with Crippen molar-refractivity contribution in [3.05, 3.63) is 54.1 Å². The molecular weight excluding hydrogens is 240 g/mol. The molecule has 1 atom stereocenters. The van der Waals surface area contributed by atoms with Gasteiger partial charge in [-0.1, -0.05) is 24.3 Å². The number of hydrogen-bond acceptors (Lipinski definition) is 3. The van der Waals surface area contributed by atoms with Gasteiger partial charge in [-0.2, -0.15) is 0 Å². The molecule has 0 unspecified atom stereocenters. The Labute approximate surface area is 113 Å². The molecular formula is C16H18O3. The first kappa shape index (κ1) is 13.4. The van der Waals surface area contributed by atoms with Crippen LogP contribution in [0.15, 0.2) is 48.5 Å². The molecule has 0 radical (unpaired) electrons. The van der Waals surface area contributed by atoms with Gasteiger partial charge in [0.15, 0.2) is 11.5 Å². The monoisotopic (exact) mass is 258 g/mol.